The minimum atomic E-state index is -0.501. The van der Waals surface area contributed by atoms with Crippen LogP contribution in [0.25, 0.3) is 11.0 Å². The van der Waals surface area contributed by atoms with Gasteiger partial charge in [0.25, 0.3) is 5.91 Å². The molecule has 4 aromatic rings. The summed E-state index contributed by atoms with van der Waals surface area (Å²) in [6.45, 7) is 2.36. The lowest BCUT2D eigenvalue weighted by molar-refractivity contribution is 0.0199. The fraction of sp³-hybridized carbons (Fsp3) is 0.192. The number of fused-ring (bicyclic) bond motifs is 1. The maximum atomic E-state index is 15.0. The second-order valence-electron chi connectivity index (χ2n) is 7.73. The molecule has 0 aliphatic carbocycles. The molecular formula is C26H23FN2O3. The van der Waals surface area contributed by atoms with Crippen LogP contribution in [0.1, 0.15) is 27.7 Å². The van der Waals surface area contributed by atoms with Crippen LogP contribution in [0.4, 0.5) is 10.1 Å². The Labute approximate surface area is 185 Å². The zero-order valence-electron chi connectivity index (χ0n) is 17.5. The first-order chi connectivity index (χ1) is 15.7. The Morgan fingerprint density at radius 2 is 1.59 bits per heavy atom. The first-order valence-electron chi connectivity index (χ1n) is 10.7. The third-order valence-electron chi connectivity index (χ3n) is 5.76. The molecule has 1 fully saturated rings. The normalized spacial score (nSPS) is 15.5. The Balaban J connectivity index is 1.65. The van der Waals surface area contributed by atoms with E-state index in [-0.39, 0.29) is 11.7 Å². The van der Waals surface area contributed by atoms with E-state index >= 15 is 4.39 Å². The molecule has 2 heterocycles. The van der Waals surface area contributed by atoms with Gasteiger partial charge in [0, 0.05) is 29.6 Å². The summed E-state index contributed by atoms with van der Waals surface area (Å²) < 4.78 is 26.8. The van der Waals surface area contributed by atoms with Gasteiger partial charge in [0.15, 0.2) is 5.76 Å². The summed E-state index contributed by atoms with van der Waals surface area (Å²) in [5, 5.41) is 3.82. The van der Waals surface area contributed by atoms with E-state index in [0.717, 1.165) is 5.39 Å². The van der Waals surface area contributed by atoms with Crippen LogP contribution in [-0.4, -0.2) is 37.1 Å². The van der Waals surface area contributed by atoms with Crippen molar-refractivity contribution in [2.45, 2.75) is 6.04 Å². The van der Waals surface area contributed by atoms with Gasteiger partial charge >= 0.3 is 0 Å². The number of hydrogen-bond acceptors (Lipinski definition) is 4. The number of furan rings is 1. The lowest BCUT2D eigenvalue weighted by Crippen LogP contribution is -2.40. The van der Waals surface area contributed by atoms with E-state index in [1.54, 1.807) is 24.3 Å². The van der Waals surface area contributed by atoms with Crippen LogP contribution >= 0.6 is 0 Å². The van der Waals surface area contributed by atoms with Crippen LogP contribution in [0.2, 0.25) is 0 Å². The predicted octanol–water partition coefficient (Wildman–Crippen LogP) is 5.25. The summed E-state index contributed by atoms with van der Waals surface area (Å²) in [5.74, 6) is -0.0417. The number of hydrogen-bond donors (Lipinski definition) is 1. The number of carbonyl (C=O) groups excluding carboxylic acids is 1. The molecule has 3 aromatic carbocycles. The fourth-order valence-electron chi connectivity index (χ4n) is 4.20. The van der Waals surface area contributed by atoms with Crippen molar-refractivity contribution in [2.75, 3.05) is 31.6 Å². The SMILES string of the molecule is O=C(Nc1c([C@@H](c2ccccc2F)N2CCOCC2)oc2ccccc12)c1ccccc1. The van der Waals surface area contributed by atoms with Gasteiger partial charge in [-0.1, -0.05) is 48.5 Å². The van der Waals surface area contributed by atoms with E-state index in [0.29, 0.717) is 54.5 Å². The summed E-state index contributed by atoms with van der Waals surface area (Å²) in [4.78, 5) is 15.2. The average molecular weight is 430 g/mol. The van der Waals surface area contributed by atoms with Gasteiger partial charge in [-0.2, -0.15) is 0 Å². The number of benzene rings is 3. The highest BCUT2D eigenvalue weighted by Crippen LogP contribution is 2.41. The third kappa shape index (κ3) is 3.90. The molecule has 1 aliphatic heterocycles. The molecule has 0 saturated carbocycles. The molecule has 162 valence electrons. The number of amides is 1. The third-order valence-corrected chi connectivity index (χ3v) is 5.76. The number of rotatable bonds is 5. The molecule has 0 unspecified atom stereocenters. The summed E-state index contributed by atoms with van der Waals surface area (Å²) in [6, 6.07) is 22.8. The highest BCUT2D eigenvalue weighted by Gasteiger charge is 2.33. The van der Waals surface area contributed by atoms with Crippen LogP contribution in [-0.2, 0) is 4.74 Å². The standard InChI is InChI=1S/C26H23FN2O3/c27-21-12-6-4-10-19(21)24(29-14-16-31-17-15-29)25-23(20-11-5-7-13-22(20)32-25)28-26(30)18-8-2-1-3-9-18/h1-13,24H,14-17H2,(H,28,30)/t24-/m1/s1. The van der Waals surface area contributed by atoms with Crippen molar-refractivity contribution >= 4 is 22.6 Å². The zero-order chi connectivity index (χ0) is 21.9. The van der Waals surface area contributed by atoms with Crippen LogP contribution in [0.5, 0.6) is 0 Å². The van der Waals surface area contributed by atoms with E-state index in [9.17, 15) is 4.79 Å². The molecule has 6 heteroatoms. The molecule has 0 radical (unpaired) electrons. The lowest BCUT2D eigenvalue weighted by atomic mass is 9.99. The number of morpholine rings is 1. The monoisotopic (exact) mass is 430 g/mol. The number of para-hydroxylation sites is 1. The Kier molecular flexibility index (Phi) is 5.71. The van der Waals surface area contributed by atoms with E-state index in [4.69, 9.17) is 9.15 Å². The maximum Gasteiger partial charge on any atom is 0.255 e. The van der Waals surface area contributed by atoms with E-state index in [1.807, 2.05) is 48.5 Å². The first-order valence-corrected chi connectivity index (χ1v) is 10.7. The van der Waals surface area contributed by atoms with Gasteiger partial charge in [-0.05, 0) is 30.3 Å². The second-order valence-corrected chi connectivity index (χ2v) is 7.73. The van der Waals surface area contributed by atoms with Crippen molar-refractivity contribution in [1.82, 2.24) is 4.90 Å². The number of anilines is 1. The Morgan fingerprint density at radius 1 is 0.906 bits per heavy atom. The van der Waals surface area contributed by atoms with Crippen molar-refractivity contribution < 1.29 is 18.3 Å². The van der Waals surface area contributed by atoms with Crippen LogP contribution in [0, 0.1) is 5.82 Å². The Bertz CT molecular complexity index is 1230. The average Bonchev–Trinajstić information content (AvgIpc) is 3.19. The van der Waals surface area contributed by atoms with Crippen molar-refractivity contribution in [2.24, 2.45) is 0 Å². The zero-order valence-corrected chi connectivity index (χ0v) is 17.5. The molecule has 1 amide bonds. The molecule has 1 saturated heterocycles. The predicted molar refractivity (Wildman–Crippen MR) is 121 cm³/mol. The van der Waals surface area contributed by atoms with E-state index < -0.39 is 6.04 Å². The van der Waals surface area contributed by atoms with Crippen molar-refractivity contribution in [1.29, 1.82) is 0 Å². The fourth-order valence-corrected chi connectivity index (χ4v) is 4.20. The number of nitrogens with zero attached hydrogens (tertiary/aromatic N) is 1. The van der Waals surface area contributed by atoms with Crippen molar-refractivity contribution in [3.8, 4) is 0 Å². The first kappa shape index (κ1) is 20.4. The molecule has 0 bridgehead atoms. The van der Waals surface area contributed by atoms with Crippen molar-refractivity contribution in [3.63, 3.8) is 0 Å². The van der Waals surface area contributed by atoms with Gasteiger partial charge in [0.05, 0.1) is 24.9 Å². The van der Waals surface area contributed by atoms with Crippen LogP contribution in [0.3, 0.4) is 0 Å². The van der Waals surface area contributed by atoms with Gasteiger partial charge in [0.1, 0.15) is 11.4 Å². The smallest absolute Gasteiger partial charge is 0.255 e. The summed E-state index contributed by atoms with van der Waals surface area (Å²) in [6.07, 6.45) is 0. The summed E-state index contributed by atoms with van der Waals surface area (Å²) in [5.41, 5.74) is 2.25. The minimum Gasteiger partial charge on any atom is -0.457 e. The summed E-state index contributed by atoms with van der Waals surface area (Å²) >= 11 is 0. The van der Waals surface area contributed by atoms with Gasteiger partial charge < -0.3 is 14.5 Å². The van der Waals surface area contributed by atoms with Crippen LogP contribution < -0.4 is 5.32 Å². The van der Waals surface area contributed by atoms with Crippen molar-refractivity contribution in [3.05, 3.63) is 102 Å². The molecule has 1 atom stereocenters. The Morgan fingerprint density at radius 3 is 2.38 bits per heavy atom. The second kappa shape index (κ2) is 8.94. The van der Waals surface area contributed by atoms with Gasteiger partial charge in [-0.3, -0.25) is 9.69 Å². The highest BCUT2D eigenvalue weighted by molar-refractivity contribution is 6.09. The topological polar surface area (TPSA) is 54.7 Å². The Hall–Kier alpha value is -3.48. The molecule has 32 heavy (non-hydrogen) atoms. The molecule has 1 aromatic heterocycles. The van der Waals surface area contributed by atoms with E-state index in [2.05, 4.69) is 10.2 Å². The number of nitrogens with one attached hydrogen (secondary N) is 1. The maximum absolute atomic E-state index is 15.0. The molecule has 1 N–H and O–H groups in total. The minimum absolute atomic E-state index is 0.243. The van der Waals surface area contributed by atoms with Crippen LogP contribution in [0.15, 0.2) is 83.3 Å². The van der Waals surface area contributed by atoms with Gasteiger partial charge in [-0.25, -0.2) is 4.39 Å². The molecule has 1 aliphatic rings. The molecule has 0 spiro atoms. The van der Waals surface area contributed by atoms with Gasteiger partial charge in [0.2, 0.25) is 0 Å². The molecule has 5 rings (SSSR count). The molecule has 5 nitrogen and oxygen atoms in total. The van der Waals surface area contributed by atoms with Gasteiger partial charge in [-0.15, -0.1) is 0 Å². The number of ether oxygens (including phenoxy) is 1. The number of halogens is 1. The number of carbonyl (C=O) groups is 1. The van der Waals surface area contributed by atoms with E-state index in [1.165, 1.54) is 6.07 Å². The highest BCUT2D eigenvalue weighted by atomic mass is 19.1. The quantitative estimate of drug-likeness (QED) is 0.470. The largest absolute Gasteiger partial charge is 0.457 e. The summed E-state index contributed by atoms with van der Waals surface area (Å²) in [7, 11) is 0. The lowest BCUT2D eigenvalue weighted by Gasteiger charge is -2.34. The molecular weight excluding hydrogens is 407 g/mol.